The van der Waals surface area contributed by atoms with Crippen LogP contribution in [0.25, 0.3) is 11.4 Å². The Morgan fingerprint density at radius 3 is 2.63 bits per heavy atom. The molecule has 2 heterocycles. The molecule has 0 bridgehead atoms. The molecule has 0 fully saturated rings. The maximum absolute atomic E-state index is 14.5. The molecule has 178 valence electrons. The lowest BCUT2D eigenvalue weighted by molar-refractivity contribution is -0.118. The highest BCUT2D eigenvalue weighted by molar-refractivity contribution is 7.99. The van der Waals surface area contributed by atoms with Gasteiger partial charge in [0.2, 0.25) is 12.7 Å². The molecule has 0 radical (unpaired) electrons. The number of hydrogen-bond acceptors (Lipinski definition) is 6. The molecule has 0 aliphatic carbocycles. The quantitative estimate of drug-likeness (QED) is 0.349. The molecule has 0 unspecified atom stereocenters. The lowest BCUT2D eigenvalue weighted by atomic mass is 10.1. The second-order valence-electron chi connectivity index (χ2n) is 7.93. The Balaban J connectivity index is 1.26. The summed E-state index contributed by atoms with van der Waals surface area (Å²) in [6.07, 6.45) is 0.726. The predicted molar refractivity (Wildman–Crippen MR) is 131 cm³/mol. The Labute approximate surface area is 206 Å². The Morgan fingerprint density at radius 2 is 1.77 bits per heavy atom. The van der Waals surface area contributed by atoms with Crippen molar-refractivity contribution in [3.63, 3.8) is 0 Å². The smallest absolute Gasteiger partial charge is 0.231 e. The second-order valence-corrected chi connectivity index (χ2v) is 8.87. The van der Waals surface area contributed by atoms with Crippen molar-refractivity contribution in [1.82, 2.24) is 20.1 Å². The minimum atomic E-state index is -0.362. The van der Waals surface area contributed by atoms with Gasteiger partial charge in [-0.3, -0.25) is 4.79 Å². The highest BCUT2D eigenvalue weighted by Gasteiger charge is 2.18. The third kappa shape index (κ3) is 5.46. The molecule has 4 aromatic rings. The number of aryl methyl sites for hydroxylation is 1. The van der Waals surface area contributed by atoms with Crippen LogP contribution in [0, 0.1) is 5.82 Å². The van der Waals surface area contributed by atoms with Crippen LogP contribution in [0.5, 0.6) is 11.5 Å². The first-order chi connectivity index (χ1) is 17.2. The maximum atomic E-state index is 14.5. The van der Waals surface area contributed by atoms with Crippen LogP contribution in [0.4, 0.5) is 4.39 Å². The van der Waals surface area contributed by atoms with E-state index in [1.165, 1.54) is 17.8 Å². The van der Waals surface area contributed by atoms with Crippen molar-refractivity contribution in [2.75, 3.05) is 12.5 Å². The van der Waals surface area contributed by atoms with E-state index in [-0.39, 0.29) is 24.3 Å². The van der Waals surface area contributed by atoms with Crippen LogP contribution in [-0.4, -0.2) is 33.2 Å². The standard InChI is InChI=1S/C26H23FN4O3S/c27-21-9-5-4-8-20(21)25-29-30-26(31(25)13-12-18-6-2-1-3-7-18)35-16-24(32)28-15-19-10-11-22-23(14-19)34-17-33-22/h1-11,14H,12-13,15-17H2,(H,28,32). The number of thioether (sulfide) groups is 1. The van der Waals surface area contributed by atoms with E-state index in [1.54, 1.807) is 18.2 Å². The summed E-state index contributed by atoms with van der Waals surface area (Å²) in [7, 11) is 0. The topological polar surface area (TPSA) is 78.3 Å². The molecule has 1 aromatic heterocycles. The van der Waals surface area contributed by atoms with Gasteiger partial charge in [0.25, 0.3) is 0 Å². The fraction of sp³-hybridized carbons (Fsp3) is 0.192. The summed E-state index contributed by atoms with van der Waals surface area (Å²) in [5.74, 6) is 1.49. The van der Waals surface area contributed by atoms with Gasteiger partial charge in [-0.05, 0) is 41.8 Å². The van der Waals surface area contributed by atoms with E-state index < -0.39 is 0 Å². The third-order valence-electron chi connectivity index (χ3n) is 5.56. The molecule has 3 aromatic carbocycles. The average molecular weight is 491 g/mol. The summed E-state index contributed by atoms with van der Waals surface area (Å²) < 4.78 is 27.1. The van der Waals surface area contributed by atoms with Gasteiger partial charge >= 0.3 is 0 Å². The second kappa shape index (κ2) is 10.6. The first-order valence-electron chi connectivity index (χ1n) is 11.2. The van der Waals surface area contributed by atoms with Gasteiger partial charge in [-0.25, -0.2) is 4.39 Å². The summed E-state index contributed by atoms with van der Waals surface area (Å²) in [6.45, 7) is 1.14. The first kappa shape index (κ1) is 22.9. The fourth-order valence-corrected chi connectivity index (χ4v) is 4.55. The number of halogens is 1. The van der Waals surface area contributed by atoms with Gasteiger partial charge in [-0.15, -0.1) is 10.2 Å². The molecule has 0 saturated heterocycles. The Kier molecular flexibility index (Phi) is 6.94. The van der Waals surface area contributed by atoms with Crippen molar-refractivity contribution in [1.29, 1.82) is 0 Å². The van der Waals surface area contributed by atoms with E-state index in [2.05, 4.69) is 15.5 Å². The third-order valence-corrected chi connectivity index (χ3v) is 6.52. The molecular weight excluding hydrogens is 467 g/mol. The molecule has 1 aliphatic rings. The highest BCUT2D eigenvalue weighted by atomic mass is 32.2. The molecule has 1 N–H and O–H groups in total. The van der Waals surface area contributed by atoms with Crippen LogP contribution in [-0.2, 0) is 24.3 Å². The van der Waals surface area contributed by atoms with E-state index in [9.17, 15) is 9.18 Å². The number of ether oxygens (including phenoxy) is 2. The average Bonchev–Trinajstić information content (AvgIpc) is 3.52. The van der Waals surface area contributed by atoms with Gasteiger partial charge < -0.3 is 19.4 Å². The van der Waals surface area contributed by atoms with E-state index in [0.29, 0.717) is 41.1 Å². The summed E-state index contributed by atoms with van der Waals surface area (Å²) in [6, 6.07) is 22.1. The zero-order chi connectivity index (χ0) is 24.0. The Bertz CT molecular complexity index is 1330. The molecule has 1 aliphatic heterocycles. The van der Waals surface area contributed by atoms with E-state index in [0.717, 1.165) is 17.5 Å². The van der Waals surface area contributed by atoms with Gasteiger partial charge in [0, 0.05) is 13.1 Å². The molecule has 9 heteroatoms. The lowest BCUT2D eigenvalue weighted by Gasteiger charge is -2.11. The molecule has 0 atom stereocenters. The fourth-order valence-electron chi connectivity index (χ4n) is 3.76. The molecule has 35 heavy (non-hydrogen) atoms. The number of hydrogen-bond donors (Lipinski definition) is 1. The van der Waals surface area contributed by atoms with E-state index in [1.807, 2.05) is 53.1 Å². The SMILES string of the molecule is O=C(CSc1nnc(-c2ccccc2F)n1CCc1ccccc1)NCc1ccc2c(c1)OCO2. The first-order valence-corrected chi connectivity index (χ1v) is 12.2. The zero-order valence-corrected chi connectivity index (χ0v) is 19.6. The number of aromatic nitrogens is 3. The lowest BCUT2D eigenvalue weighted by Crippen LogP contribution is -2.24. The molecule has 7 nitrogen and oxygen atoms in total. The van der Waals surface area contributed by atoms with Crippen LogP contribution in [0.1, 0.15) is 11.1 Å². The molecule has 1 amide bonds. The van der Waals surface area contributed by atoms with Crippen LogP contribution in [0.3, 0.4) is 0 Å². The summed E-state index contributed by atoms with van der Waals surface area (Å²) in [5.41, 5.74) is 2.45. The number of fused-ring (bicyclic) bond motifs is 1. The molecule has 0 spiro atoms. The van der Waals surface area contributed by atoms with Crippen LogP contribution >= 0.6 is 11.8 Å². The number of amides is 1. The van der Waals surface area contributed by atoms with Gasteiger partial charge in [0.1, 0.15) is 5.82 Å². The van der Waals surface area contributed by atoms with Gasteiger partial charge in [0.15, 0.2) is 22.5 Å². The van der Waals surface area contributed by atoms with Gasteiger partial charge in [0.05, 0.1) is 11.3 Å². The number of nitrogens with zero attached hydrogens (tertiary/aromatic N) is 3. The van der Waals surface area contributed by atoms with Crippen LogP contribution in [0.15, 0.2) is 78.0 Å². The largest absolute Gasteiger partial charge is 0.454 e. The zero-order valence-electron chi connectivity index (χ0n) is 18.8. The molecule has 0 saturated carbocycles. The van der Waals surface area contributed by atoms with Gasteiger partial charge in [-0.2, -0.15) is 0 Å². The minimum absolute atomic E-state index is 0.141. The van der Waals surface area contributed by atoms with Crippen LogP contribution < -0.4 is 14.8 Å². The number of carbonyl (C=O) groups excluding carboxylic acids is 1. The van der Waals surface area contributed by atoms with E-state index >= 15 is 0 Å². The van der Waals surface area contributed by atoms with E-state index in [4.69, 9.17) is 9.47 Å². The van der Waals surface area contributed by atoms with Crippen LogP contribution in [0.2, 0.25) is 0 Å². The number of benzene rings is 3. The van der Waals surface area contributed by atoms with Crippen molar-refractivity contribution >= 4 is 17.7 Å². The van der Waals surface area contributed by atoms with Gasteiger partial charge in [-0.1, -0.05) is 60.3 Å². The van der Waals surface area contributed by atoms with Crippen molar-refractivity contribution in [3.8, 4) is 22.9 Å². The highest BCUT2D eigenvalue weighted by Crippen LogP contribution is 2.32. The number of rotatable bonds is 9. The Hall–Kier alpha value is -3.85. The number of carbonyl (C=O) groups is 1. The Morgan fingerprint density at radius 1 is 0.971 bits per heavy atom. The summed E-state index contributed by atoms with van der Waals surface area (Å²) >= 11 is 1.28. The molecule has 5 rings (SSSR count). The maximum Gasteiger partial charge on any atom is 0.231 e. The van der Waals surface area contributed by atoms with Crippen molar-refractivity contribution in [2.45, 2.75) is 24.7 Å². The predicted octanol–water partition coefficient (Wildman–Crippen LogP) is 4.46. The van der Waals surface area contributed by atoms with Crippen molar-refractivity contribution in [2.24, 2.45) is 0 Å². The summed E-state index contributed by atoms with van der Waals surface area (Å²) in [4.78, 5) is 12.5. The van der Waals surface area contributed by atoms with Crippen molar-refractivity contribution in [3.05, 3.63) is 89.7 Å². The van der Waals surface area contributed by atoms with Crippen molar-refractivity contribution < 1.29 is 18.7 Å². The molecular formula is C26H23FN4O3S. The monoisotopic (exact) mass is 490 g/mol. The summed E-state index contributed by atoms with van der Waals surface area (Å²) in [5, 5.41) is 12.0. The minimum Gasteiger partial charge on any atom is -0.454 e. The normalized spacial score (nSPS) is 12.0. The number of nitrogens with one attached hydrogen (secondary N) is 1.